The van der Waals surface area contributed by atoms with Crippen molar-refractivity contribution in [3.63, 3.8) is 0 Å². The molecule has 1 atom stereocenters. The summed E-state index contributed by atoms with van der Waals surface area (Å²) < 4.78 is 0. The molecule has 0 aromatic carbocycles. The zero-order valence-corrected chi connectivity index (χ0v) is 10.6. The summed E-state index contributed by atoms with van der Waals surface area (Å²) in [7, 11) is 0. The number of carbonyl (C=O) groups is 1. The fourth-order valence-corrected chi connectivity index (χ4v) is 2.01. The monoisotopic (exact) mass is 225 g/mol. The molecule has 0 aliphatic heterocycles. The maximum Gasteiger partial charge on any atom is 0.174 e. The van der Waals surface area contributed by atoms with E-state index in [1.165, 1.54) is 4.88 Å². The molecule has 0 fully saturated rings. The molecule has 2 nitrogen and oxygen atoms in total. The highest BCUT2D eigenvalue weighted by molar-refractivity contribution is 7.14. The van der Waals surface area contributed by atoms with Crippen LogP contribution in [0.4, 0.5) is 0 Å². The second-order valence-electron chi connectivity index (χ2n) is 5.01. The lowest BCUT2D eigenvalue weighted by atomic mass is 9.84. The van der Waals surface area contributed by atoms with Gasteiger partial charge < -0.3 is 5.73 Å². The normalized spacial score (nSPS) is 13.9. The topological polar surface area (TPSA) is 43.1 Å². The Kier molecular flexibility index (Phi) is 3.68. The molecule has 3 heteroatoms. The largest absolute Gasteiger partial charge is 0.327 e. The highest BCUT2D eigenvalue weighted by Crippen LogP contribution is 2.23. The molecule has 0 bridgehead atoms. The summed E-state index contributed by atoms with van der Waals surface area (Å²) in [5.41, 5.74) is 5.97. The van der Waals surface area contributed by atoms with Gasteiger partial charge in [-0.25, -0.2) is 0 Å². The Morgan fingerprint density at radius 1 is 1.47 bits per heavy atom. The first-order chi connectivity index (χ1) is 6.80. The summed E-state index contributed by atoms with van der Waals surface area (Å²) >= 11 is 1.54. The molecule has 1 unspecified atom stereocenters. The Morgan fingerprint density at radius 3 is 2.47 bits per heavy atom. The van der Waals surface area contributed by atoms with Crippen LogP contribution in [0.2, 0.25) is 0 Å². The molecule has 1 heterocycles. The van der Waals surface area contributed by atoms with Crippen molar-refractivity contribution in [2.45, 2.75) is 40.2 Å². The van der Waals surface area contributed by atoms with Crippen molar-refractivity contribution in [3.05, 3.63) is 21.9 Å². The fourth-order valence-electron chi connectivity index (χ4n) is 1.19. The van der Waals surface area contributed by atoms with Gasteiger partial charge in [0.2, 0.25) is 0 Å². The summed E-state index contributed by atoms with van der Waals surface area (Å²) in [6, 6.07) is 3.78. The third kappa shape index (κ3) is 3.43. The first-order valence-corrected chi connectivity index (χ1v) is 5.97. The third-order valence-corrected chi connectivity index (χ3v) is 3.57. The van der Waals surface area contributed by atoms with E-state index in [9.17, 15) is 4.79 Å². The lowest BCUT2D eigenvalue weighted by Gasteiger charge is -2.26. The van der Waals surface area contributed by atoms with Crippen LogP contribution in [0.5, 0.6) is 0 Å². The van der Waals surface area contributed by atoms with Crippen molar-refractivity contribution in [2.75, 3.05) is 0 Å². The van der Waals surface area contributed by atoms with Gasteiger partial charge in [-0.1, -0.05) is 20.8 Å². The Labute approximate surface area is 95.5 Å². The molecule has 84 valence electrons. The van der Waals surface area contributed by atoms with Gasteiger partial charge in [0, 0.05) is 17.3 Å². The summed E-state index contributed by atoms with van der Waals surface area (Å²) in [5, 5.41) is 0. The van der Waals surface area contributed by atoms with Crippen LogP contribution in [-0.2, 0) is 0 Å². The third-order valence-electron chi connectivity index (χ3n) is 2.53. The second-order valence-corrected chi connectivity index (χ2v) is 6.30. The number of thiophene rings is 1. The molecular formula is C12H19NOS. The number of carbonyl (C=O) groups excluding carboxylic acids is 1. The predicted octanol–water partition coefficient (Wildman–Crippen LogP) is 3.00. The van der Waals surface area contributed by atoms with E-state index in [1.54, 1.807) is 11.3 Å². The quantitative estimate of drug-likeness (QED) is 0.804. The van der Waals surface area contributed by atoms with E-state index < -0.39 is 0 Å². The van der Waals surface area contributed by atoms with E-state index in [1.807, 2.05) is 19.1 Å². The molecule has 15 heavy (non-hydrogen) atoms. The lowest BCUT2D eigenvalue weighted by molar-refractivity contribution is 0.0957. The highest BCUT2D eigenvalue weighted by Gasteiger charge is 2.24. The van der Waals surface area contributed by atoms with Crippen LogP contribution in [0.25, 0.3) is 0 Å². The van der Waals surface area contributed by atoms with Gasteiger partial charge in [0.1, 0.15) is 0 Å². The minimum atomic E-state index is -0.0765. The van der Waals surface area contributed by atoms with E-state index >= 15 is 0 Å². The van der Waals surface area contributed by atoms with Crippen molar-refractivity contribution in [3.8, 4) is 0 Å². The van der Waals surface area contributed by atoms with Gasteiger partial charge in [-0.2, -0.15) is 0 Å². The van der Waals surface area contributed by atoms with Crippen molar-refractivity contribution in [2.24, 2.45) is 11.1 Å². The molecular weight excluding hydrogens is 206 g/mol. The minimum absolute atomic E-state index is 0.0119. The first-order valence-electron chi connectivity index (χ1n) is 5.16. The molecule has 0 amide bonds. The van der Waals surface area contributed by atoms with Gasteiger partial charge in [-0.15, -0.1) is 11.3 Å². The van der Waals surface area contributed by atoms with E-state index in [-0.39, 0.29) is 17.2 Å². The molecule has 2 N–H and O–H groups in total. The van der Waals surface area contributed by atoms with E-state index in [0.717, 1.165) is 4.88 Å². The van der Waals surface area contributed by atoms with Crippen molar-refractivity contribution in [1.29, 1.82) is 0 Å². The van der Waals surface area contributed by atoms with Gasteiger partial charge in [0.05, 0.1) is 4.88 Å². The van der Waals surface area contributed by atoms with Crippen LogP contribution in [-0.4, -0.2) is 11.8 Å². The van der Waals surface area contributed by atoms with E-state index in [4.69, 9.17) is 5.73 Å². The number of hydrogen-bond donors (Lipinski definition) is 1. The number of aryl methyl sites for hydroxylation is 1. The summed E-state index contributed by atoms with van der Waals surface area (Å²) in [6.45, 7) is 8.19. The second kappa shape index (κ2) is 4.45. The van der Waals surface area contributed by atoms with Crippen molar-refractivity contribution in [1.82, 2.24) is 0 Å². The summed E-state index contributed by atoms with van der Waals surface area (Å²) in [5.74, 6) is 0.163. The Bertz CT molecular complexity index is 349. The minimum Gasteiger partial charge on any atom is -0.327 e. The van der Waals surface area contributed by atoms with Gasteiger partial charge in [0.15, 0.2) is 5.78 Å². The van der Waals surface area contributed by atoms with Crippen molar-refractivity contribution >= 4 is 17.1 Å². The molecule has 1 aromatic rings. The standard InChI is InChI=1S/C12H19NOS/c1-8-5-6-10(15-8)9(14)7-11(13)12(2,3)4/h5-6,11H,7,13H2,1-4H3. The maximum absolute atomic E-state index is 11.8. The van der Waals surface area contributed by atoms with E-state index in [2.05, 4.69) is 20.8 Å². The van der Waals surface area contributed by atoms with Crippen LogP contribution in [0.15, 0.2) is 12.1 Å². The van der Waals surface area contributed by atoms with Gasteiger partial charge in [-0.05, 0) is 24.5 Å². The zero-order chi connectivity index (χ0) is 11.6. The Morgan fingerprint density at radius 2 is 2.07 bits per heavy atom. The van der Waals surface area contributed by atoms with Crippen LogP contribution in [0.1, 0.15) is 41.7 Å². The highest BCUT2D eigenvalue weighted by atomic mass is 32.1. The average Bonchev–Trinajstić information content (AvgIpc) is 2.50. The smallest absolute Gasteiger partial charge is 0.174 e. The van der Waals surface area contributed by atoms with Gasteiger partial charge in [0.25, 0.3) is 0 Å². The number of rotatable bonds is 3. The number of hydrogen-bond acceptors (Lipinski definition) is 3. The molecule has 1 aromatic heterocycles. The Balaban J connectivity index is 2.64. The maximum atomic E-state index is 11.8. The van der Waals surface area contributed by atoms with E-state index in [0.29, 0.717) is 6.42 Å². The fraction of sp³-hybridized carbons (Fsp3) is 0.583. The molecule has 0 aliphatic carbocycles. The van der Waals surface area contributed by atoms with Gasteiger partial charge >= 0.3 is 0 Å². The molecule has 0 radical (unpaired) electrons. The Hall–Kier alpha value is -0.670. The van der Waals surface area contributed by atoms with Crippen LogP contribution >= 0.6 is 11.3 Å². The van der Waals surface area contributed by atoms with Crippen LogP contribution in [0.3, 0.4) is 0 Å². The van der Waals surface area contributed by atoms with Crippen LogP contribution in [0, 0.1) is 12.3 Å². The molecule has 1 rings (SSSR count). The number of nitrogens with two attached hydrogens (primary N) is 1. The van der Waals surface area contributed by atoms with Crippen LogP contribution < -0.4 is 5.73 Å². The summed E-state index contributed by atoms with van der Waals surface area (Å²) in [6.07, 6.45) is 0.434. The molecule has 0 spiro atoms. The lowest BCUT2D eigenvalue weighted by Crippen LogP contribution is -2.36. The average molecular weight is 225 g/mol. The zero-order valence-electron chi connectivity index (χ0n) is 9.83. The predicted molar refractivity (Wildman–Crippen MR) is 65.4 cm³/mol. The number of Topliss-reactive ketones (excluding diaryl/α,β-unsaturated/α-hetero) is 1. The molecule has 0 saturated heterocycles. The summed E-state index contributed by atoms with van der Waals surface area (Å²) in [4.78, 5) is 13.8. The van der Waals surface area contributed by atoms with Crippen molar-refractivity contribution < 1.29 is 4.79 Å². The molecule has 0 aliphatic rings. The van der Waals surface area contributed by atoms with Gasteiger partial charge in [-0.3, -0.25) is 4.79 Å². The molecule has 0 saturated carbocycles. The number of ketones is 1. The SMILES string of the molecule is Cc1ccc(C(=O)CC(N)C(C)(C)C)s1. The first kappa shape index (κ1) is 12.4.